The van der Waals surface area contributed by atoms with Gasteiger partial charge in [-0.15, -0.1) is 11.8 Å². The maximum Gasteiger partial charge on any atom is 0.242 e. The number of methoxy groups -OCH3 is 1. The van der Waals surface area contributed by atoms with Crippen molar-refractivity contribution < 1.29 is 14.3 Å². The first-order valence-corrected chi connectivity index (χ1v) is 12.0. The van der Waals surface area contributed by atoms with Crippen LogP contribution in [-0.4, -0.2) is 41.7 Å². The van der Waals surface area contributed by atoms with Gasteiger partial charge in [0.15, 0.2) is 0 Å². The summed E-state index contributed by atoms with van der Waals surface area (Å²) in [6.45, 7) is 2.23. The summed E-state index contributed by atoms with van der Waals surface area (Å²) >= 11 is 1.66. The number of rotatable bonds is 10. The summed E-state index contributed by atoms with van der Waals surface area (Å²) < 4.78 is 5.23. The van der Waals surface area contributed by atoms with E-state index in [1.807, 2.05) is 61.5 Å². The standard InChI is InChI=1S/C25H32N2O3S/c1-19(25(29)26-21-8-6-7-9-21)27(18-20-12-14-22(30-2)15-13-20)24(28)16-17-31-23-10-4-3-5-11-23/h3-5,10-15,19,21H,6-9,16-18H2,1-2H3,(H,26,29). The monoisotopic (exact) mass is 440 g/mol. The van der Waals surface area contributed by atoms with E-state index in [-0.39, 0.29) is 17.9 Å². The molecule has 5 nitrogen and oxygen atoms in total. The van der Waals surface area contributed by atoms with Gasteiger partial charge in [0.05, 0.1) is 7.11 Å². The average molecular weight is 441 g/mol. The number of nitrogens with zero attached hydrogens (tertiary/aromatic N) is 1. The second-order valence-corrected chi connectivity index (χ2v) is 9.12. The molecule has 1 saturated carbocycles. The van der Waals surface area contributed by atoms with Gasteiger partial charge in [0.25, 0.3) is 0 Å². The Morgan fingerprint density at radius 3 is 2.42 bits per heavy atom. The SMILES string of the molecule is COc1ccc(CN(C(=O)CCSc2ccccc2)C(C)C(=O)NC2CCCC2)cc1. The summed E-state index contributed by atoms with van der Waals surface area (Å²) in [5, 5.41) is 3.14. The molecule has 0 radical (unpaired) electrons. The Hall–Kier alpha value is -2.47. The lowest BCUT2D eigenvalue weighted by molar-refractivity contribution is -0.140. The molecule has 31 heavy (non-hydrogen) atoms. The number of nitrogens with one attached hydrogen (secondary N) is 1. The van der Waals surface area contributed by atoms with Gasteiger partial charge in [-0.1, -0.05) is 43.2 Å². The van der Waals surface area contributed by atoms with Crippen molar-refractivity contribution in [1.82, 2.24) is 10.2 Å². The zero-order chi connectivity index (χ0) is 22.1. The van der Waals surface area contributed by atoms with E-state index in [1.54, 1.807) is 23.8 Å². The third kappa shape index (κ3) is 7.03. The number of benzene rings is 2. The molecule has 0 spiro atoms. The molecule has 3 rings (SSSR count). The molecule has 1 atom stereocenters. The molecule has 2 aromatic carbocycles. The fraction of sp³-hybridized carbons (Fsp3) is 0.440. The minimum Gasteiger partial charge on any atom is -0.497 e. The van der Waals surface area contributed by atoms with Gasteiger partial charge < -0.3 is 15.0 Å². The van der Waals surface area contributed by atoms with E-state index >= 15 is 0 Å². The summed E-state index contributed by atoms with van der Waals surface area (Å²) in [7, 11) is 1.63. The first-order valence-electron chi connectivity index (χ1n) is 11.0. The van der Waals surface area contributed by atoms with E-state index in [2.05, 4.69) is 5.32 Å². The third-order valence-corrected chi connectivity index (χ3v) is 6.72. The van der Waals surface area contributed by atoms with E-state index in [0.717, 1.165) is 41.9 Å². The molecule has 1 fully saturated rings. The van der Waals surface area contributed by atoms with Crippen LogP contribution in [0.5, 0.6) is 5.75 Å². The van der Waals surface area contributed by atoms with Crippen molar-refractivity contribution in [3.8, 4) is 5.75 Å². The molecule has 0 saturated heterocycles. The fourth-order valence-corrected chi connectivity index (χ4v) is 4.68. The molecule has 1 aliphatic carbocycles. The van der Waals surface area contributed by atoms with Crippen molar-refractivity contribution in [3.63, 3.8) is 0 Å². The number of hydrogen-bond acceptors (Lipinski definition) is 4. The molecule has 1 aliphatic rings. The number of carbonyl (C=O) groups excluding carboxylic acids is 2. The van der Waals surface area contributed by atoms with Crippen LogP contribution in [0.25, 0.3) is 0 Å². The van der Waals surface area contributed by atoms with Crippen molar-refractivity contribution in [2.75, 3.05) is 12.9 Å². The smallest absolute Gasteiger partial charge is 0.242 e. The number of hydrogen-bond donors (Lipinski definition) is 1. The highest BCUT2D eigenvalue weighted by Crippen LogP contribution is 2.21. The van der Waals surface area contributed by atoms with E-state index in [9.17, 15) is 9.59 Å². The molecule has 1 unspecified atom stereocenters. The van der Waals surface area contributed by atoms with E-state index in [1.165, 1.54) is 0 Å². The lowest BCUT2D eigenvalue weighted by Gasteiger charge is -2.30. The Labute approximate surface area is 189 Å². The Bertz CT molecular complexity index is 836. The van der Waals surface area contributed by atoms with Gasteiger partial charge in [-0.05, 0) is 49.6 Å². The minimum atomic E-state index is -0.517. The summed E-state index contributed by atoms with van der Waals surface area (Å²) in [6.07, 6.45) is 4.75. The molecule has 0 bridgehead atoms. The van der Waals surface area contributed by atoms with Crippen LogP contribution < -0.4 is 10.1 Å². The van der Waals surface area contributed by atoms with Gasteiger partial charge in [0.1, 0.15) is 11.8 Å². The van der Waals surface area contributed by atoms with Crippen LogP contribution in [0.1, 0.15) is 44.6 Å². The van der Waals surface area contributed by atoms with Gasteiger partial charge >= 0.3 is 0 Å². The number of ether oxygens (including phenoxy) is 1. The van der Waals surface area contributed by atoms with Crippen molar-refractivity contribution in [2.45, 2.75) is 62.6 Å². The lowest BCUT2D eigenvalue weighted by Crippen LogP contribution is -2.49. The van der Waals surface area contributed by atoms with Crippen LogP contribution in [-0.2, 0) is 16.1 Å². The third-order valence-electron chi connectivity index (χ3n) is 5.71. The lowest BCUT2D eigenvalue weighted by atomic mass is 10.1. The molecular weight excluding hydrogens is 408 g/mol. The summed E-state index contributed by atoms with van der Waals surface area (Å²) in [5.41, 5.74) is 0.977. The quantitative estimate of drug-likeness (QED) is 0.546. The topological polar surface area (TPSA) is 58.6 Å². The van der Waals surface area contributed by atoms with E-state index < -0.39 is 6.04 Å². The van der Waals surface area contributed by atoms with Gasteiger partial charge in [-0.2, -0.15) is 0 Å². The number of carbonyl (C=O) groups is 2. The van der Waals surface area contributed by atoms with Crippen LogP contribution in [0.3, 0.4) is 0 Å². The second-order valence-electron chi connectivity index (χ2n) is 7.95. The number of thioether (sulfide) groups is 1. The largest absolute Gasteiger partial charge is 0.497 e. The predicted octanol–water partition coefficient (Wildman–Crippen LogP) is 4.65. The van der Waals surface area contributed by atoms with Crippen LogP contribution in [0, 0.1) is 0 Å². The zero-order valence-corrected chi connectivity index (χ0v) is 19.2. The van der Waals surface area contributed by atoms with Crippen molar-refractivity contribution in [1.29, 1.82) is 0 Å². The molecular formula is C25H32N2O3S. The maximum absolute atomic E-state index is 13.2. The van der Waals surface area contributed by atoms with Gasteiger partial charge in [-0.3, -0.25) is 9.59 Å². The zero-order valence-electron chi connectivity index (χ0n) is 18.4. The van der Waals surface area contributed by atoms with Gasteiger partial charge in [-0.25, -0.2) is 0 Å². The van der Waals surface area contributed by atoms with Crippen molar-refractivity contribution in [2.24, 2.45) is 0 Å². The van der Waals surface area contributed by atoms with Gasteiger partial charge in [0, 0.05) is 29.7 Å². The highest BCUT2D eigenvalue weighted by Gasteiger charge is 2.28. The molecule has 166 valence electrons. The normalized spacial score (nSPS) is 14.8. The Morgan fingerprint density at radius 1 is 1.10 bits per heavy atom. The van der Waals surface area contributed by atoms with Crippen molar-refractivity contribution >= 4 is 23.6 Å². The maximum atomic E-state index is 13.2. The van der Waals surface area contributed by atoms with Crippen LogP contribution in [0.4, 0.5) is 0 Å². The first kappa shape index (κ1) is 23.2. The molecule has 2 amide bonds. The summed E-state index contributed by atoms with van der Waals surface area (Å²) in [5.74, 6) is 1.38. The molecule has 6 heteroatoms. The minimum absolute atomic E-state index is 0.00618. The van der Waals surface area contributed by atoms with Gasteiger partial charge in [0.2, 0.25) is 11.8 Å². The fourth-order valence-electron chi connectivity index (χ4n) is 3.82. The average Bonchev–Trinajstić information content (AvgIpc) is 3.31. The summed E-state index contributed by atoms with van der Waals surface area (Å²) in [4.78, 5) is 28.9. The molecule has 0 aromatic heterocycles. The van der Waals surface area contributed by atoms with E-state index in [0.29, 0.717) is 18.7 Å². The molecule has 2 aromatic rings. The number of amides is 2. The van der Waals surface area contributed by atoms with Crippen molar-refractivity contribution in [3.05, 3.63) is 60.2 Å². The summed E-state index contributed by atoms with van der Waals surface area (Å²) in [6, 6.07) is 17.4. The van der Waals surface area contributed by atoms with Crippen LogP contribution in [0.2, 0.25) is 0 Å². The molecule has 0 aliphatic heterocycles. The highest BCUT2D eigenvalue weighted by molar-refractivity contribution is 7.99. The van der Waals surface area contributed by atoms with Crippen LogP contribution in [0.15, 0.2) is 59.5 Å². The highest BCUT2D eigenvalue weighted by atomic mass is 32.2. The Morgan fingerprint density at radius 2 is 1.77 bits per heavy atom. The Balaban J connectivity index is 1.65. The molecule has 0 heterocycles. The first-order chi connectivity index (χ1) is 15.1. The van der Waals surface area contributed by atoms with Crippen LogP contribution >= 0.6 is 11.8 Å². The van der Waals surface area contributed by atoms with E-state index in [4.69, 9.17) is 4.74 Å². The molecule has 1 N–H and O–H groups in total. The second kappa shape index (κ2) is 11.8. The predicted molar refractivity (Wildman–Crippen MR) is 125 cm³/mol. The Kier molecular flexibility index (Phi) is 8.83.